The maximum Gasteiger partial charge on any atom is 0.416 e. The Balaban J connectivity index is 2.26. The van der Waals surface area contributed by atoms with E-state index in [0.29, 0.717) is 5.56 Å². The fourth-order valence-electron chi connectivity index (χ4n) is 1.90. The summed E-state index contributed by atoms with van der Waals surface area (Å²) in [6.07, 6.45) is -4.67. The normalized spacial score (nSPS) is 11.3. The molecular weight excluding hydrogens is 317 g/mol. The first-order chi connectivity index (χ1) is 10.4. The van der Waals surface area contributed by atoms with Crippen LogP contribution in [0.4, 0.5) is 13.2 Å². The second kappa shape index (κ2) is 6.83. The van der Waals surface area contributed by atoms with E-state index in [1.807, 2.05) is 6.07 Å². The third kappa shape index (κ3) is 4.49. The van der Waals surface area contributed by atoms with E-state index >= 15 is 0 Å². The maximum atomic E-state index is 12.8. The molecular formula is C16H12ClF3O2. The van der Waals surface area contributed by atoms with Crippen molar-refractivity contribution in [2.75, 3.05) is 0 Å². The van der Waals surface area contributed by atoms with Crippen LogP contribution >= 0.6 is 11.6 Å². The van der Waals surface area contributed by atoms with E-state index in [-0.39, 0.29) is 18.8 Å². The van der Waals surface area contributed by atoms with Crippen molar-refractivity contribution in [2.24, 2.45) is 0 Å². The summed E-state index contributed by atoms with van der Waals surface area (Å²) in [6, 6.07) is 12.0. The van der Waals surface area contributed by atoms with Crippen molar-refractivity contribution < 1.29 is 22.7 Å². The van der Waals surface area contributed by atoms with Crippen LogP contribution in [-0.4, -0.2) is 5.24 Å². The van der Waals surface area contributed by atoms with Gasteiger partial charge in [-0.25, -0.2) is 0 Å². The maximum absolute atomic E-state index is 12.8. The zero-order valence-corrected chi connectivity index (χ0v) is 12.1. The van der Waals surface area contributed by atoms with Gasteiger partial charge in [0.25, 0.3) is 0 Å². The smallest absolute Gasteiger partial charge is 0.416 e. The first kappa shape index (κ1) is 16.4. The number of hydrogen-bond acceptors (Lipinski definition) is 2. The molecule has 0 heterocycles. The summed E-state index contributed by atoms with van der Waals surface area (Å²) in [5.41, 5.74) is 0.299. The molecule has 0 saturated carbocycles. The van der Waals surface area contributed by atoms with E-state index in [0.717, 1.165) is 17.7 Å². The number of rotatable bonds is 5. The van der Waals surface area contributed by atoms with Crippen LogP contribution in [0.3, 0.4) is 0 Å². The minimum atomic E-state index is -4.48. The van der Waals surface area contributed by atoms with Crippen LogP contribution in [0.25, 0.3) is 0 Å². The highest BCUT2D eigenvalue weighted by atomic mass is 35.5. The topological polar surface area (TPSA) is 26.3 Å². The zero-order valence-electron chi connectivity index (χ0n) is 11.4. The average Bonchev–Trinajstić information content (AvgIpc) is 2.45. The lowest BCUT2D eigenvalue weighted by Gasteiger charge is -2.14. The minimum absolute atomic E-state index is 0.00711. The van der Waals surface area contributed by atoms with Gasteiger partial charge < -0.3 is 4.74 Å². The summed E-state index contributed by atoms with van der Waals surface area (Å²) in [4.78, 5) is 11.0. The molecule has 0 spiro atoms. The highest BCUT2D eigenvalue weighted by molar-refractivity contribution is 6.63. The first-order valence-corrected chi connectivity index (χ1v) is 6.79. The number of benzene rings is 2. The van der Waals surface area contributed by atoms with Crippen LogP contribution in [0.2, 0.25) is 0 Å². The Hall–Kier alpha value is -2.01. The fraction of sp³-hybridized carbons (Fsp3) is 0.188. The number of carbonyl (C=O) groups excluding carboxylic acids is 1. The third-order valence-corrected chi connectivity index (χ3v) is 3.09. The molecule has 2 aromatic carbocycles. The third-order valence-electron chi connectivity index (χ3n) is 2.96. The summed E-state index contributed by atoms with van der Waals surface area (Å²) in [6.45, 7) is 0.103. The number of ether oxygens (including phenoxy) is 1. The second-order valence-electron chi connectivity index (χ2n) is 4.63. The standard InChI is InChI=1S/C16H12ClF3O2/c17-15(21)8-12-6-7-13(16(18,19)20)9-14(12)22-10-11-4-2-1-3-5-11/h1-7,9H,8,10H2. The molecule has 0 aliphatic carbocycles. The van der Waals surface area contributed by atoms with Crippen molar-refractivity contribution in [3.8, 4) is 5.75 Å². The molecule has 2 aromatic rings. The van der Waals surface area contributed by atoms with E-state index in [1.165, 1.54) is 6.07 Å². The van der Waals surface area contributed by atoms with Gasteiger partial charge in [-0.2, -0.15) is 13.2 Å². The molecule has 0 aromatic heterocycles. The van der Waals surface area contributed by atoms with Gasteiger partial charge in [0.1, 0.15) is 12.4 Å². The largest absolute Gasteiger partial charge is 0.489 e. The van der Waals surface area contributed by atoms with Gasteiger partial charge in [-0.3, -0.25) is 4.79 Å². The Labute approximate surface area is 130 Å². The average molecular weight is 329 g/mol. The summed E-state index contributed by atoms with van der Waals surface area (Å²) in [5.74, 6) is 0.00711. The Bertz CT molecular complexity index is 654. The van der Waals surface area contributed by atoms with Gasteiger partial charge in [0.15, 0.2) is 0 Å². The molecule has 2 rings (SSSR count). The summed E-state index contributed by atoms with van der Waals surface area (Å²) in [5, 5.41) is -0.663. The van der Waals surface area contributed by atoms with E-state index in [1.54, 1.807) is 24.3 Å². The van der Waals surface area contributed by atoms with Crippen molar-refractivity contribution in [1.29, 1.82) is 0 Å². The van der Waals surface area contributed by atoms with Gasteiger partial charge in [0, 0.05) is 5.56 Å². The van der Waals surface area contributed by atoms with Crippen LogP contribution in [0, 0.1) is 0 Å². The summed E-state index contributed by atoms with van der Waals surface area (Å²) >= 11 is 5.31. The molecule has 0 aliphatic rings. The lowest BCUT2D eigenvalue weighted by Crippen LogP contribution is -2.08. The van der Waals surface area contributed by atoms with Crippen LogP contribution in [0.1, 0.15) is 16.7 Å². The van der Waals surface area contributed by atoms with Crippen molar-refractivity contribution in [1.82, 2.24) is 0 Å². The van der Waals surface area contributed by atoms with Crippen LogP contribution in [-0.2, 0) is 24.0 Å². The molecule has 0 N–H and O–H groups in total. The minimum Gasteiger partial charge on any atom is -0.489 e. The highest BCUT2D eigenvalue weighted by Gasteiger charge is 2.31. The predicted octanol–water partition coefficient (Wildman–Crippen LogP) is 4.59. The van der Waals surface area contributed by atoms with Crippen molar-refractivity contribution in [2.45, 2.75) is 19.2 Å². The number of hydrogen-bond donors (Lipinski definition) is 0. The number of alkyl halides is 3. The SMILES string of the molecule is O=C(Cl)Cc1ccc(C(F)(F)F)cc1OCc1ccccc1. The van der Waals surface area contributed by atoms with Gasteiger partial charge in [-0.15, -0.1) is 0 Å². The number of carbonyl (C=O) groups is 1. The lowest BCUT2D eigenvalue weighted by molar-refractivity contribution is -0.137. The molecule has 0 saturated heterocycles. The van der Waals surface area contributed by atoms with Crippen molar-refractivity contribution in [3.63, 3.8) is 0 Å². The van der Waals surface area contributed by atoms with Crippen molar-refractivity contribution in [3.05, 3.63) is 65.2 Å². The Morgan fingerprint density at radius 1 is 1.09 bits per heavy atom. The van der Waals surface area contributed by atoms with Gasteiger partial charge in [-0.1, -0.05) is 36.4 Å². The lowest BCUT2D eigenvalue weighted by atomic mass is 10.1. The van der Waals surface area contributed by atoms with Crippen LogP contribution in [0.15, 0.2) is 48.5 Å². The molecule has 6 heteroatoms. The fourth-order valence-corrected chi connectivity index (χ4v) is 2.04. The van der Waals surface area contributed by atoms with E-state index in [2.05, 4.69) is 0 Å². The highest BCUT2D eigenvalue weighted by Crippen LogP contribution is 2.33. The molecule has 22 heavy (non-hydrogen) atoms. The Kier molecular flexibility index (Phi) is 5.08. The predicted molar refractivity (Wildman–Crippen MR) is 76.8 cm³/mol. The van der Waals surface area contributed by atoms with E-state index in [9.17, 15) is 18.0 Å². The van der Waals surface area contributed by atoms with Crippen LogP contribution in [0.5, 0.6) is 5.75 Å². The summed E-state index contributed by atoms with van der Waals surface area (Å²) in [7, 11) is 0. The van der Waals surface area contributed by atoms with E-state index < -0.39 is 17.0 Å². The van der Waals surface area contributed by atoms with Crippen LogP contribution < -0.4 is 4.74 Å². The molecule has 0 fully saturated rings. The zero-order chi connectivity index (χ0) is 16.2. The van der Waals surface area contributed by atoms with Crippen molar-refractivity contribution >= 4 is 16.8 Å². The molecule has 0 radical (unpaired) electrons. The molecule has 0 amide bonds. The second-order valence-corrected chi connectivity index (χ2v) is 5.05. The molecule has 0 atom stereocenters. The van der Waals surface area contributed by atoms with Gasteiger partial charge in [0.2, 0.25) is 5.24 Å². The molecule has 0 unspecified atom stereocenters. The Morgan fingerprint density at radius 2 is 1.77 bits per heavy atom. The molecule has 0 bridgehead atoms. The number of halogens is 4. The van der Waals surface area contributed by atoms with E-state index in [4.69, 9.17) is 16.3 Å². The van der Waals surface area contributed by atoms with Gasteiger partial charge in [0.05, 0.1) is 12.0 Å². The van der Waals surface area contributed by atoms with Gasteiger partial charge in [-0.05, 0) is 29.3 Å². The molecule has 0 aliphatic heterocycles. The monoisotopic (exact) mass is 328 g/mol. The quantitative estimate of drug-likeness (QED) is 0.750. The van der Waals surface area contributed by atoms with Gasteiger partial charge >= 0.3 is 6.18 Å². The molecule has 116 valence electrons. The molecule has 2 nitrogen and oxygen atoms in total. The first-order valence-electron chi connectivity index (χ1n) is 6.41. The summed E-state index contributed by atoms with van der Waals surface area (Å²) < 4.78 is 43.8. The Morgan fingerprint density at radius 3 is 2.36 bits per heavy atom.